The molecule has 1 fully saturated rings. The maximum absolute atomic E-state index is 5.32. The summed E-state index contributed by atoms with van der Waals surface area (Å²) in [6.07, 6.45) is 4.18. The van der Waals surface area contributed by atoms with Crippen LogP contribution in [0.5, 0.6) is 0 Å². The van der Waals surface area contributed by atoms with E-state index < -0.39 is 0 Å². The molecule has 3 nitrogen and oxygen atoms in total. The molecule has 1 saturated heterocycles. The summed E-state index contributed by atoms with van der Waals surface area (Å²) in [5.41, 5.74) is 1.09. The van der Waals surface area contributed by atoms with Crippen LogP contribution in [-0.2, 0) is 4.74 Å². The standard InChI is InChI=1S/C11H15BrN2O/c12-11-2-1-10(8-14-11)13-7-9-3-5-15-6-4-9/h1-2,8-9,13H,3-7H2. The van der Waals surface area contributed by atoms with E-state index in [0.29, 0.717) is 0 Å². The molecule has 0 radical (unpaired) electrons. The van der Waals surface area contributed by atoms with Gasteiger partial charge in [0.2, 0.25) is 0 Å². The Morgan fingerprint density at radius 1 is 1.40 bits per heavy atom. The third kappa shape index (κ3) is 3.47. The molecule has 1 aliphatic rings. The molecule has 4 heteroatoms. The van der Waals surface area contributed by atoms with E-state index in [0.717, 1.165) is 48.8 Å². The molecule has 1 aliphatic heterocycles. The van der Waals surface area contributed by atoms with Crippen LogP contribution in [0.25, 0.3) is 0 Å². The zero-order valence-electron chi connectivity index (χ0n) is 8.58. The zero-order valence-corrected chi connectivity index (χ0v) is 10.2. The number of nitrogens with zero attached hydrogens (tertiary/aromatic N) is 1. The van der Waals surface area contributed by atoms with Crippen molar-refractivity contribution in [3.05, 3.63) is 22.9 Å². The van der Waals surface area contributed by atoms with Gasteiger partial charge in [-0.2, -0.15) is 0 Å². The van der Waals surface area contributed by atoms with Gasteiger partial charge in [-0.1, -0.05) is 0 Å². The molecule has 0 amide bonds. The molecule has 1 aromatic rings. The number of rotatable bonds is 3. The molecule has 0 aliphatic carbocycles. The molecule has 82 valence electrons. The van der Waals surface area contributed by atoms with Crippen LogP contribution < -0.4 is 5.32 Å². The predicted molar refractivity (Wildman–Crippen MR) is 64.0 cm³/mol. The van der Waals surface area contributed by atoms with Gasteiger partial charge in [0.1, 0.15) is 4.60 Å². The zero-order chi connectivity index (χ0) is 10.5. The largest absolute Gasteiger partial charge is 0.384 e. The van der Waals surface area contributed by atoms with E-state index in [1.54, 1.807) is 0 Å². The summed E-state index contributed by atoms with van der Waals surface area (Å²) in [4.78, 5) is 4.17. The first-order chi connectivity index (χ1) is 7.34. The fraction of sp³-hybridized carbons (Fsp3) is 0.545. The maximum Gasteiger partial charge on any atom is 0.106 e. The molecule has 0 saturated carbocycles. The van der Waals surface area contributed by atoms with Gasteiger partial charge >= 0.3 is 0 Å². The van der Waals surface area contributed by atoms with Crippen LogP contribution >= 0.6 is 15.9 Å². The van der Waals surface area contributed by atoms with Crippen LogP contribution in [0.3, 0.4) is 0 Å². The van der Waals surface area contributed by atoms with Crippen molar-refractivity contribution in [2.24, 2.45) is 5.92 Å². The first kappa shape index (κ1) is 10.9. The Morgan fingerprint density at radius 2 is 2.20 bits per heavy atom. The monoisotopic (exact) mass is 270 g/mol. The van der Waals surface area contributed by atoms with E-state index in [9.17, 15) is 0 Å². The van der Waals surface area contributed by atoms with Crippen LogP contribution in [0.2, 0.25) is 0 Å². The van der Waals surface area contributed by atoms with Crippen molar-refractivity contribution in [3.8, 4) is 0 Å². The van der Waals surface area contributed by atoms with E-state index >= 15 is 0 Å². The molecule has 2 rings (SSSR count). The van der Waals surface area contributed by atoms with Gasteiger partial charge in [-0.25, -0.2) is 4.98 Å². The molecule has 0 atom stereocenters. The Hall–Kier alpha value is -0.610. The Labute approximate surface area is 98.4 Å². The highest BCUT2D eigenvalue weighted by molar-refractivity contribution is 9.10. The highest BCUT2D eigenvalue weighted by Crippen LogP contribution is 2.16. The van der Waals surface area contributed by atoms with Gasteiger partial charge < -0.3 is 10.1 Å². The highest BCUT2D eigenvalue weighted by Gasteiger charge is 2.12. The smallest absolute Gasteiger partial charge is 0.106 e. The van der Waals surface area contributed by atoms with Crippen LogP contribution in [0.1, 0.15) is 12.8 Å². The SMILES string of the molecule is Brc1ccc(NCC2CCOCC2)cn1. The summed E-state index contributed by atoms with van der Waals surface area (Å²) >= 11 is 3.32. The number of hydrogen-bond acceptors (Lipinski definition) is 3. The Bertz CT molecular complexity index is 296. The van der Waals surface area contributed by atoms with Crippen molar-refractivity contribution in [1.82, 2.24) is 4.98 Å². The first-order valence-corrected chi connectivity index (χ1v) is 6.07. The second kappa shape index (κ2) is 5.47. The lowest BCUT2D eigenvalue weighted by atomic mass is 10.0. The molecular formula is C11H15BrN2O. The van der Waals surface area contributed by atoms with E-state index in [4.69, 9.17) is 4.74 Å². The third-order valence-electron chi connectivity index (χ3n) is 2.66. The molecule has 2 heterocycles. The lowest BCUT2D eigenvalue weighted by Gasteiger charge is -2.22. The molecule has 1 aromatic heterocycles. The third-order valence-corrected chi connectivity index (χ3v) is 3.13. The van der Waals surface area contributed by atoms with Crippen LogP contribution in [-0.4, -0.2) is 24.7 Å². The number of ether oxygens (including phenoxy) is 1. The Kier molecular flexibility index (Phi) is 3.97. The average Bonchev–Trinajstić information content (AvgIpc) is 2.30. The Morgan fingerprint density at radius 3 is 2.87 bits per heavy atom. The van der Waals surface area contributed by atoms with Crippen LogP contribution in [0.15, 0.2) is 22.9 Å². The number of hydrogen-bond donors (Lipinski definition) is 1. The summed E-state index contributed by atoms with van der Waals surface area (Å²) in [7, 11) is 0. The second-order valence-corrected chi connectivity index (χ2v) is 4.62. The van der Waals surface area contributed by atoms with E-state index in [1.807, 2.05) is 18.3 Å². The minimum absolute atomic E-state index is 0.738. The summed E-state index contributed by atoms with van der Waals surface area (Å²) in [5, 5.41) is 3.40. The molecule has 0 aromatic carbocycles. The average molecular weight is 271 g/mol. The van der Waals surface area contributed by atoms with Gasteiger partial charge in [-0.05, 0) is 46.8 Å². The minimum Gasteiger partial charge on any atom is -0.384 e. The van der Waals surface area contributed by atoms with Crippen LogP contribution in [0.4, 0.5) is 5.69 Å². The van der Waals surface area contributed by atoms with Gasteiger partial charge in [-0.15, -0.1) is 0 Å². The molecule has 0 unspecified atom stereocenters. The normalized spacial score (nSPS) is 17.7. The molecule has 15 heavy (non-hydrogen) atoms. The summed E-state index contributed by atoms with van der Waals surface area (Å²) in [6, 6.07) is 3.99. The fourth-order valence-electron chi connectivity index (χ4n) is 1.69. The van der Waals surface area contributed by atoms with E-state index in [-0.39, 0.29) is 0 Å². The lowest BCUT2D eigenvalue weighted by Crippen LogP contribution is -2.22. The molecule has 0 bridgehead atoms. The molecule has 1 N–H and O–H groups in total. The van der Waals surface area contributed by atoms with Crippen LogP contribution in [0, 0.1) is 5.92 Å². The van der Waals surface area contributed by atoms with E-state index in [1.165, 1.54) is 0 Å². The van der Waals surface area contributed by atoms with Gasteiger partial charge in [0, 0.05) is 19.8 Å². The fourth-order valence-corrected chi connectivity index (χ4v) is 1.93. The van der Waals surface area contributed by atoms with Crippen molar-refractivity contribution >= 4 is 21.6 Å². The summed E-state index contributed by atoms with van der Waals surface area (Å²) in [6.45, 7) is 2.84. The van der Waals surface area contributed by atoms with Crippen molar-refractivity contribution in [3.63, 3.8) is 0 Å². The first-order valence-electron chi connectivity index (χ1n) is 5.28. The maximum atomic E-state index is 5.32. The minimum atomic E-state index is 0.738. The number of anilines is 1. The quantitative estimate of drug-likeness (QED) is 0.858. The molecular weight excluding hydrogens is 256 g/mol. The van der Waals surface area contributed by atoms with Gasteiger partial charge in [0.05, 0.1) is 11.9 Å². The number of aromatic nitrogens is 1. The predicted octanol–water partition coefficient (Wildman–Crippen LogP) is 2.68. The lowest BCUT2D eigenvalue weighted by molar-refractivity contribution is 0.0699. The number of halogens is 1. The van der Waals surface area contributed by atoms with Gasteiger partial charge in [0.25, 0.3) is 0 Å². The summed E-state index contributed by atoms with van der Waals surface area (Å²) < 4.78 is 6.20. The highest BCUT2D eigenvalue weighted by atomic mass is 79.9. The van der Waals surface area contributed by atoms with Crippen molar-refractivity contribution in [1.29, 1.82) is 0 Å². The van der Waals surface area contributed by atoms with Gasteiger partial charge in [0.15, 0.2) is 0 Å². The topological polar surface area (TPSA) is 34.1 Å². The number of pyridine rings is 1. The van der Waals surface area contributed by atoms with Crippen molar-refractivity contribution in [2.75, 3.05) is 25.1 Å². The van der Waals surface area contributed by atoms with Crippen molar-refractivity contribution in [2.45, 2.75) is 12.8 Å². The van der Waals surface area contributed by atoms with E-state index in [2.05, 4.69) is 26.2 Å². The Balaban J connectivity index is 1.79. The van der Waals surface area contributed by atoms with Gasteiger partial charge in [-0.3, -0.25) is 0 Å². The second-order valence-electron chi connectivity index (χ2n) is 3.81. The number of nitrogens with one attached hydrogen (secondary N) is 1. The van der Waals surface area contributed by atoms with Crippen molar-refractivity contribution < 1.29 is 4.74 Å². The molecule has 0 spiro atoms. The summed E-state index contributed by atoms with van der Waals surface area (Å²) in [5.74, 6) is 0.738.